The van der Waals surface area contributed by atoms with Crippen molar-refractivity contribution in [3.63, 3.8) is 0 Å². The van der Waals surface area contributed by atoms with Crippen LogP contribution in [0.4, 0.5) is 0 Å². The quantitative estimate of drug-likeness (QED) is 0.815. The topological polar surface area (TPSA) is 83.4 Å². The zero-order valence-electron chi connectivity index (χ0n) is 9.88. The van der Waals surface area contributed by atoms with Gasteiger partial charge in [-0.3, -0.25) is 9.59 Å². The summed E-state index contributed by atoms with van der Waals surface area (Å²) in [5.74, 6) is -1.08. The van der Waals surface area contributed by atoms with E-state index in [-0.39, 0.29) is 12.3 Å². The molecule has 6 heteroatoms. The van der Waals surface area contributed by atoms with E-state index < -0.39 is 5.97 Å². The molecule has 1 N–H and O–H groups in total. The predicted octanol–water partition coefficient (Wildman–Crippen LogP) is 0.722. The maximum absolute atomic E-state index is 11.9. The second-order valence-corrected chi connectivity index (χ2v) is 3.77. The lowest BCUT2D eigenvalue weighted by molar-refractivity contribution is -0.137. The molecule has 0 unspecified atom stereocenters. The molecule has 1 heterocycles. The van der Waals surface area contributed by atoms with Crippen LogP contribution in [0.1, 0.15) is 29.0 Å². The van der Waals surface area contributed by atoms with Gasteiger partial charge >= 0.3 is 5.97 Å². The molecule has 0 bridgehead atoms. The average Bonchev–Trinajstić information content (AvgIpc) is 2.27. The summed E-state index contributed by atoms with van der Waals surface area (Å²) < 4.78 is 0. The Morgan fingerprint density at radius 3 is 2.71 bits per heavy atom. The van der Waals surface area contributed by atoms with E-state index in [0.717, 1.165) is 5.69 Å². The summed E-state index contributed by atoms with van der Waals surface area (Å²) in [6, 6.07) is 1.61. The molecule has 92 valence electrons. The Morgan fingerprint density at radius 2 is 2.12 bits per heavy atom. The Balaban J connectivity index is 2.54. The highest BCUT2D eigenvalue weighted by Gasteiger charge is 2.13. The van der Waals surface area contributed by atoms with Gasteiger partial charge in [0.25, 0.3) is 5.91 Å². The van der Waals surface area contributed by atoms with Gasteiger partial charge < -0.3 is 10.0 Å². The third kappa shape index (κ3) is 4.18. The lowest BCUT2D eigenvalue weighted by Crippen LogP contribution is -2.29. The van der Waals surface area contributed by atoms with E-state index in [1.807, 2.05) is 0 Å². The molecule has 0 radical (unpaired) electrons. The number of amides is 1. The number of carboxylic acid groups (broad SMARTS) is 1. The van der Waals surface area contributed by atoms with Crippen LogP contribution in [0.25, 0.3) is 0 Å². The highest BCUT2D eigenvalue weighted by atomic mass is 16.4. The minimum atomic E-state index is -0.858. The number of aromatic nitrogens is 2. The molecule has 1 amide bonds. The van der Waals surface area contributed by atoms with Gasteiger partial charge in [-0.05, 0) is 19.4 Å². The van der Waals surface area contributed by atoms with Gasteiger partial charge in [0, 0.05) is 25.7 Å². The van der Waals surface area contributed by atoms with E-state index in [1.54, 1.807) is 20.0 Å². The summed E-state index contributed by atoms with van der Waals surface area (Å²) in [5.41, 5.74) is 1.05. The fourth-order valence-corrected chi connectivity index (χ4v) is 1.34. The van der Waals surface area contributed by atoms with Crippen molar-refractivity contribution in [3.8, 4) is 0 Å². The maximum Gasteiger partial charge on any atom is 0.303 e. The Morgan fingerprint density at radius 1 is 1.41 bits per heavy atom. The first-order valence-electron chi connectivity index (χ1n) is 5.26. The number of hydrogen-bond acceptors (Lipinski definition) is 4. The van der Waals surface area contributed by atoms with Crippen molar-refractivity contribution in [1.29, 1.82) is 0 Å². The van der Waals surface area contributed by atoms with Crippen molar-refractivity contribution >= 4 is 11.9 Å². The Hall–Kier alpha value is -1.98. The van der Waals surface area contributed by atoms with Crippen molar-refractivity contribution in [3.05, 3.63) is 23.8 Å². The Bertz CT molecular complexity index is 420. The second kappa shape index (κ2) is 5.93. The average molecular weight is 237 g/mol. The molecule has 1 rings (SSSR count). The number of nitrogens with zero attached hydrogens (tertiary/aromatic N) is 3. The molecule has 0 atom stereocenters. The molecular formula is C11H15N3O3. The third-order valence-electron chi connectivity index (χ3n) is 2.25. The molecule has 1 aromatic heterocycles. The van der Waals surface area contributed by atoms with Crippen molar-refractivity contribution in [2.75, 3.05) is 13.6 Å². The van der Waals surface area contributed by atoms with Crippen molar-refractivity contribution in [2.45, 2.75) is 19.8 Å². The lowest BCUT2D eigenvalue weighted by atomic mass is 10.2. The highest BCUT2D eigenvalue weighted by molar-refractivity contribution is 5.92. The molecule has 0 saturated heterocycles. The van der Waals surface area contributed by atoms with Gasteiger partial charge in [0.05, 0.1) is 0 Å². The van der Waals surface area contributed by atoms with Gasteiger partial charge in [-0.2, -0.15) is 0 Å². The summed E-state index contributed by atoms with van der Waals surface area (Å²) in [7, 11) is 1.63. The van der Waals surface area contributed by atoms with Crippen LogP contribution in [0.2, 0.25) is 0 Å². The van der Waals surface area contributed by atoms with Gasteiger partial charge in [0.15, 0.2) is 0 Å². The summed E-state index contributed by atoms with van der Waals surface area (Å²) in [6.45, 7) is 2.18. The first-order chi connectivity index (χ1) is 8.00. The van der Waals surface area contributed by atoms with Crippen molar-refractivity contribution < 1.29 is 14.7 Å². The minimum absolute atomic E-state index is 0.0560. The zero-order valence-corrected chi connectivity index (χ0v) is 9.88. The number of aryl methyl sites for hydroxylation is 1. The van der Waals surface area contributed by atoms with Crippen LogP contribution in [0.15, 0.2) is 12.4 Å². The summed E-state index contributed by atoms with van der Waals surface area (Å²) >= 11 is 0. The molecule has 0 spiro atoms. The molecule has 6 nitrogen and oxygen atoms in total. The largest absolute Gasteiger partial charge is 0.481 e. The van der Waals surface area contributed by atoms with Crippen LogP contribution in [0.3, 0.4) is 0 Å². The van der Waals surface area contributed by atoms with E-state index in [4.69, 9.17) is 5.11 Å². The number of hydrogen-bond donors (Lipinski definition) is 1. The molecule has 0 aromatic carbocycles. The molecule has 0 fully saturated rings. The van der Waals surface area contributed by atoms with E-state index in [9.17, 15) is 9.59 Å². The molecule has 0 aliphatic rings. The summed E-state index contributed by atoms with van der Waals surface area (Å²) in [4.78, 5) is 31.5. The SMILES string of the molecule is Cc1cc(C(=O)N(C)CCCC(=O)O)ncn1. The van der Waals surface area contributed by atoms with E-state index >= 15 is 0 Å². The fraction of sp³-hybridized carbons (Fsp3) is 0.455. The second-order valence-electron chi connectivity index (χ2n) is 3.77. The molecule has 17 heavy (non-hydrogen) atoms. The van der Waals surface area contributed by atoms with Gasteiger partial charge in [-0.1, -0.05) is 0 Å². The van der Waals surface area contributed by atoms with Crippen LogP contribution in [-0.2, 0) is 4.79 Å². The number of aliphatic carboxylic acids is 1. The van der Waals surface area contributed by atoms with E-state index in [0.29, 0.717) is 18.7 Å². The van der Waals surface area contributed by atoms with Crippen molar-refractivity contribution in [1.82, 2.24) is 14.9 Å². The first-order valence-corrected chi connectivity index (χ1v) is 5.26. The predicted molar refractivity (Wildman–Crippen MR) is 60.6 cm³/mol. The molecule has 0 saturated carbocycles. The summed E-state index contributed by atoms with van der Waals surface area (Å²) in [5, 5.41) is 8.49. The number of carbonyl (C=O) groups is 2. The number of carbonyl (C=O) groups excluding carboxylic acids is 1. The zero-order chi connectivity index (χ0) is 12.8. The molecule has 0 aliphatic carbocycles. The van der Waals surface area contributed by atoms with Crippen molar-refractivity contribution in [2.24, 2.45) is 0 Å². The maximum atomic E-state index is 11.9. The van der Waals surface area contributed by atoms with Crippen LogP contribution in [0.5, 0.6) is 0 Å². The van der Waals surface area contributed by atoms with Crippen LogP contribution < -0.4 is 0 Å². The lowest BCUT2D eigenvalue weighted by Gasteiger charge is -2.15. The summed E-state index contributed by atoms with van der Waals surface area (Å²) in [6.07, 6.45) is 1.83. The normalized spacial score (nSPS) is 10.0. The highest BCUT2D eigenvalue weighted by Crippen LogP contribution is 2.02. The van der Waals surface area contributed by atoms with Crippen LogP contribution in [0, 0.1) is 6.92 Å². The minimum Gasteiger partial charge on any atom is -0.481 e. The van der Waals surface area contributed by atoms with E-state index in [1.165, 1.54) is 11.2 Å². The molecule has 1 aromatic rings. The number of carboxylic acids is 1. The Kier molecular flexibility index (Phi) is 4.56. The van der Waals surface area contributed by atoms with E-state index in [2.05, 4.69) is 9.97 Å². The van der Waals surface area contributed by atoms with Gasteiger partial charge in [0.2, 0.25) is 0 Å². The van der Waals surface area contributed by atoms with Crippen LogP contribution in [-0.4, -0.2) is 45.4 Å². The first kappa shape index (κ1) is 13.1. The van der Waals surface area contributed by atoms with Crippen LogP contribution >= 0.6 is 0 Å². The molecule has 0 aliphatic heterocycles. The monoisotopic (exact) mass is 237 g/mol. The van der Waals surface area contributed by atoms with Gasteiger partial charge in [-0.15, -0.1) is 0 Å². The fourth-order valence-electron chi connectivity index (χ4n) is 1.34. The smallest absolute Gasteiger partial charge is 0.303 e. The number of rotatable bonds is 5. The standard InChI is InChI=1S/C11H15N3O3/c1-8-6-9(13-7-12-8)11(17)14(2)5-3-4-10(15)16/h6-7H,3-5H2,1-2H3,(H,15,16). The third-order valence-corrected chi connectivity index (χ3v) is 2.25. The van der Waals surface area contributed by atoms with Gasteiger partial charge in [0.1, 0.15) is 12.0 Å². The Labute approximate surface area is 99.3 Å². The van der Waals surface area contributed by atoms with Gasteiger partial charge in [-0.25, -0.2) is 9.97 Å². The molecular weight excluding hydrogens is 222 g/mol.